The second kappa shape index (κ2) is 18.0. The first-order chi connectivity index (χ1) is 26.0. The SMILES string of the molecule is COC(=O)[C@H](C)NC(=O)c1cnn(-c2ccccc2Cl)c1-c1ccccc1.COC(=O)[C@H](C)NC(=O)c1cnn(-c2ccccc2Cl)c1-c1ccccc1. The Kier molecular flexibility index (Phi) is 13.0. The van der Waals surface area contributed by atoms with Gasteiger partial charge < -0.3 is 20.1 Å². The third-order valence-electron chi connectivity index (χ3n) is 8.09. The fourth-order valence-corrected chi connectivity index (χ4v) is 5.84. The Morgan fingerprint density at radius 3 is 1.22 bits per heavy atom. The van der Waals surface area contributed by atoms with Crippen molar-refractivity contribution in [2.45, 2.75) is 25.9 Å². The molecule has 54 heavy (non-hydrogen) atoms. The molecule has 2 amide bonds. The van der Waals surface area contributed by atoms with Gasteiger partial charge in [0, 0.05) is 11.1 Å². The third-order valence-corrected chi connectivity index (χ3v) is 8.73. The molecule has 0 spiro atoms. The number of methoxy groups -OCH3 is 2. The highest BCUT2D eigenvalue weighted by Gasteiger charge is 2.25. The van der Waals surface area contributed by atoms with E-state index in [4.69, 9.17) is 23.2 Å². The lowest BCUT2D eigenvalue weighted by Gasteiger charge is -2.13. The first-order valence-corrected chi connectivity index (χ1v) is 17.3. The maximum absolute atomic E-state index is 12.8. The lowest BCUT2D eigenvalue weighted by molar-refractivity contribution is -0.143. The molecule has 2 atom stereocenters. The van der Waals surface area contributed by atoms with Gasteiger partial charge in [0.25, 0.3) is 11.8 Å². The summed E-state index contributed by atoms with van der Waals surface area (Å²) in [5.41, 5.74) is 4.72. The van der Waals surface area contributed by atoms with Crippen LogP contribution in [0.15, 0.2) is 122 Å². The van der Waals surface area contributed by atoms with Crippen LogP contribution in [-0.4, -0.2) is 69.6 Å². The summed E-state index contributed by atoms with van der Waals surface area (Å²) in [4.78, 5) is 48.8. The number of para-hydroxylation sites is 2. The summed E-state index contributed by atoms with van der Waals surface area (Å²) in [6.45, 7) is 3.12. The van der Waals surface area contributed by atoms with Crippen molar-refractivity contribution >= 4 is 47.0 Å². The summed E-state index contributed by atoms with van der Waals surface area (Å²) in [5, 5.41) is 15.0. The van der Waals surface area contributed by atoms with Crippen LogP contribution in [0.2, 0.25) is 10.0 Å². The van der Waals surface area contributed by atoms with Gasteiger partial charge in [-0.15, -0.1) is 0 Å². The monoisotopic (exact) mass is 766 g/mol. The molecule has 0 aliphatic carbocycles. The molecule has 0 radical (unpaired) electrons. The molecule has 0 aliphatic rings. The van der Waals surface area contributed by atoms with Crippen molar-refractivity contribution in [3.63, 3.8) is 0 Å². The van der Waals surface area contributed by atoms with Crippen molar-refractivity contribution in [1.82, 2.24) is 30.2 Å². The fourth-order valence-electron chi connectivity index (χ4n) is 5.41. The largest absolute Gasteiger partial charge is 0.467 e. The van der Waals surface area contributed by atoms with Crippen LogP contribution in [0.4, 0.5) is 0 Å². The van der Waals surface area contributed by atoms with E-state index in [9.17, 15) is 19.2 Å². The first kappa shape index (κ1) is 39.0. The highest BCUT2D eigenvalue weighted by Crippen LogP contribution is 2.31. The van der Waals surface area contributed by atoms with Crippen molar-refractivity contribution in [1.29, 1.82) is 0 Å². The molecular formula is C40H36Cl2N6O6. The minimum absolute atomic E-state index is 0.330. The van der Waals surface area contributed by atoms with Crippen molar-refractivity contribution in [3.05, 3.63) is 143 Å². The lowest BCUT2D eigenvalue weighted by Crippen LogP contribution is -2.39. The predicted molar refractivity (Wildman–Crippen MR) is 206 cm³/mol. The number of nitrogens with zero attached hydrogens (tertiary/aromatic N) is 4. The molecule has 12 nitrogen and oxygen atoms in total. The zero-order valence-electron chi connectivity index (χ0n) is 29.7. The van der Waals surface area contributed by atoms with Gasteiger partial charge in [0.15, 0.2) is 0 Å². The molecule has 6 aromatic rings. The zero-order valence-corrected chi connectivity index (χ0v) is 31.2. The molecule has 0 saturated heterocycles. The van der Waals surface area contributed by atoms with Crippen molar-refractivity contribution < 1.29 is 28.7 Å². The summed E-state index contributed by atoms with van der Waals surface area (Å²) in [6, 6.07) is 31.7. The van der Waals surface area contributed by atoms with Crippen LogP contribution in [-0.2, 0) is 19.1 Å². The van der Waals surface area contributed by atoms with Crippen LogP contribution in [0, 0.1) is 0 Å². The molecule has 0 unspecified atom stereocenters. The number of esters is 2. The van der Waals surface area contributed by atoms with Crippen LogP contribution in [0.1, 0.15) is 34.6 Å². The van der Waals surface area contributed by atoms with Gasteiger partial charge in [-0.25, -0.2) is 19.0 Å². The van der Waals surface area contributed by atoms with Gasteiger partial charge in [-0.3, -0.25) is 9.59 Å². The van der Waals surface area contributed by atoms with Gasteiger partial charge in [-0.2, -0.15) is 10.2 Å². The fraction of sp³-hybridized carbons (Fsp3) is 0.150. The van der Waals surface area contributed by atoms with Gasteiger partial charge >= 0.3 is 11.9 Å². The van der Waals surface area contributed by atoms with E-state index in [-0.39, 0.29) is 0 Å². The van der Waals surface area contributed by atoms with Gasteiger partial charge in [0.2, 0.25) is 0 Å². The van der Waals surface area contributed by atoms with E-state index in [0.717, 1.165) is 11.1 Å². The highest BCUT2D eigenvalue weighted by atomic mass is 35.5. The van der Waals surface area contributed by atoms with Gasteiger partial charge in [0.05, 0.1) is 70.5 Å². The van der Waals surface area contributed by atoms with Crippen molar-refractivity contribution in [2.75, 3.05) is 14.2 Å². The molecule has 2 N–H and O–H groups in total. The Hall–Kier alpha value is -6.24. The van der Waals surface area contributed by atoms with Gasteiger partial charge in [-0.1, -0.05) is 108 Å². The number of nitrogens with one attached hydrogen (secondary N) is 2. The number of amides is 2. The smallest absolute Gasteiger partial charge is 0.328 e. The van der Waals surface area contributed by atoms with Crippen LogP contribution in [0.25, 0.3) is 33.9 Å². The number of ether oxygens (including phenoxy) is 2. The van der Waals surface area contributed by atoms with Gasteiger partial charge in [-0.05, 0) is 38.1 Å². The maximum atomic E-state index is 12.8. The Morgan fingerprint density at radius 1 is 0.556 bits per heavy atom. The van der Waals surface area contributed by atoms with E-state index in [0.29, 0.717) is 43.9 Å². The minimum atomic E-state index is -0.783. The van der Waals surface area contributed by atoms with Crippen molar-refractivity contribution in [3.8, 4) is 33.9 Å². The quantitative estimate of drug-likeness (QED) is 0.142. The molecule has 276 valence electrons. The normalized spacial score (nSPS) is 11.7. The van der Waals surface area contributed by atoms with Crippen LogP contribution >= 0.6 is 23.2 Å². The Morgan fingerprint density at radius 2 is 0.889 bits per heavy atom. The van der Waals surface area contributed by atoms with E-state index in [1.807, 2.05) is 97.1 Å². The summed E-state index contributed by atoms with van der Waals surface area (Å²) in [5.74, 6) is -1.90. The van der Waals surface area contributed by atoms with E-state index in [1.165, 1.54) is 26.6 Å². The topological polar surface area (TPSA) is 146 Å². The van der Waals surface area contributed by atoms with Gasteiger partial charge in [0.1, 0.15) is 12.1 Å². The van der Waals surface area contributed by atoms with Crippen LogP contribution in [0.3, 0.4) is 0 Å². The summed E-state index contributed by atoms with van der Waals surface area (Å²) < 4.78 is 12.6. The number of hydrogen-bond acceptors (Lipinski definition) is 8. The Balaban J connectivity index is 0.000000208. The second-order valence-corrected chi connectivity index (χ2v) is 12.5. The predicted octanol–water partition coefficient (Wildman–Crippen LogP) is 6.97. The second-order valence-electron chi connectivity index (χ2n) is 11.7. The lowest BCUT2D eigenvalue weighted by atomic mass is 10.1. The molecule has 0 aliphatic heterocycles. The molecule has 14 heteroatoms. The van der Waals surface area contributed by atoms with Crippen LogP contribution < -0.4 is 10.6 Å². The number of benzene rings is 4. The molecule has 4 aromatic carbocycles. The molecule has 0 saturated carbocycles. The standard InChI is InChI=1S/2C20H18ClN3O3/c2*1-13(20(26)27-2)23-19(25)15-12-22-24(17-11-7-6-10-16(17)21)18(15)14-8-4-3-5-9-14/h2*3-13H,1-2H3,(H,23,25)/t2*13-/m00/s1. The van der Waals surface area contributed by atoms with E-state index >= 15 is 0 Å². The molecular weight excluding hydrogens is 731 g/mol. The average molecular weight is 768 g/mol. The molecule has 0 fully saturated rings. The summed E-state index contributed by atoms with van der Waals surface area (Å²) in [6.07, 6.45) is 2.93. The number of halogens is 2. The number of carbonyl (C=O) groups excluding carboxylic acids is 4. The minimum Gasteiger partial charge on any atom is -0.467 e. The van der Waals surface area contributed by atoms with E-state index in [2.05, 4.69) is 30.3 Å². The molecule has 2 heterocycles. The average Bonchev–Trinajstić information content (AvgIpc) is 3.84. The van der Waals surface area contributed by atoms with E-state index in [1.54, 1.807) is 35.3 Å². The summed E-state index contributed by atoms with van der Waals surface area (Å²) in [7, 11) is 2.55. The van der Waals surface area contributed by atoms with Crippen LogP contribution in [0.5, 0.6) is 0 Å². The molecule has 0 bridgehead atoms. The highest BCUT2D eigenvalue weighted by molar-refractivity contribution is 6.32. The summed E-state index contributed by atoms with van der Waals surface area (Å²) >= 11 is 12.7. The molecule has 6 rings (SSSR count). The maximum Gasteiger partial charge on any atom is 0.328 e. The Bertz CT molecular complexity index is 2100. The van der Waals surface area contributed by atoms with Crippen molar-refractivity contribution in [2.24, 2.45) is 0 Å². The molecule has 2 aromatic heterocycles. The number of rotatable bonds is 10. The Labute approximate surface area is 321 Å². The first-order valence-electron chi connectivity index (χ1n) is 16.6. The van der Waals surface area contributed by atoms with E-state index < -0.39 is 35.8 Å². The zero-order chi connectivity index (χ0) is 38.8. The third kappa shape index (κ3) is 8.85. The number of aromatic nitrogens is 4. The number of hydrogen-bond donors (Lipinski definition) is 2. The number of carbonyl (C=O) groups is 4.